The average molecular weight is 302 g/mol. The van der Waals surface area contributed by atoms with E-state index in [1.165, 1.54) is 6.07 Å². The van der Waals surface area contributed by atoms with Crippen LogP contribution in [0.5, 0.6) is 0 Å². The molecule has 3 rings (SSSR count). The van der Waals surface area contributed by atoms with Gasteiger partial charge in [0.15, 0.2) is 0 Å². The van der Waals surface area contributed by atoms with E-state index in [0.29, 0.717) is 17.0 Å². The molecule has 6 heteroatoms. The van der Waals surface area contributed by atoms with Gasteiger partial charge in [0, 0.05) is 10.9 Å². The summed E-state index contributed by atoms with van der Waals surface area (Å²) in [6.07, 6.45) is 0. The predicted octanol–water partition coefficient (Wildman–Crippen LogP) is 3.75. The summed E-state index contributed by atoms with van der Waals surface area (Å²) in [6, 6.07) is 8.86. The Bertz CT molecular complexity index is 842. The first-order valence-corrected chi connectivity index (χ1v) is 6.73. The van der Waals surface area contributed by atoms with Crippen molar-refractivity contribution in [3.05, 3.63) is 52.3 Å². The van der Waals surface area contributed by atoms with E-state index < -0.39 is 0 Å². The molecule has 21 heavy (non-hydrogen) atoms. The van der Waals surface area contributed by atoms with E-state index in [0.717, 1.165) is 16.6 Å². The van der Waals surface area contributed by atoms with Gasteiger partial charge in [-0.1, -0.05) is 35.0 Å². The zero-order valence-electron chi connectivity index (χ0n) is 11.5. The zero-order valence-corrected chi connectivity index (χ0v) is 12.2. The first-order chi connectivity index (χ1) is 10.1. The van der Waals surface area contributed by atoms with Crippen molar-refractivity contribution >= 4 is 34.3 Å². The molecule has 0 bridgehead atoms. The summed E-state index contributed by atoms with van der Waals surface area (Å²) in [4.78, 5) is 16.7. The van der Waals surface area contributed by atoms with Crippen LogP contribution in [0.1, 0.15) is 21.6 Å². The SMILES string of the molecule is Cc1noc(NC(=O)c2cc(Cl)nc3ccccc23)c1C. The molecule has 1 N–H and O–H groups in total. The van der Waals surface area contributed by atoms with Gasteiger partial charge >= 0.3 is 0 Å². The lowest BCUT2D eigenvalue weighted by molar-refractivity contribution is 0.102. The van der Waals surface area contributed by atoms with Gasteiger partial charge in [-0.05, 0) is 26.0 Å². The molecule has 5 nitrogen and oxygen atoms in total. The fourth-order valence-corrected chi connectivity index (χ4v) is 2.23. The van der Waals surface area contributed by atoms with Crippen molar-refractivity contribution in [3.8, 4) is 0 Å². The number of carbonyl (C=O) groups excluding carboxylic acids is 1. The standard InChI is InChI=1S/C15H12ClN3O2/c1-8-9(2)19-21-15(8)18-14(20)11-7-13(16)17-12-6-4-3-5-10(11)12/h3-7H,1-2H3,(H,18,20). The van der Waals surface area contributed by atoms with Crippen LogP contribution < -0.4 is 5.32 Å². The van der Waals surface area contributed by atoms with Crippen LogP contribution >= 0.6 is 11.6 Å². The van der Waals surface area contributed by atoms with Crippen molar-refractivity contribution in [2.45, 2.75) is 13.8 Å². The van der Waals surface area contributed by atoms with Gasteiger partial charge in [0.2, 0.25) is 5.88 Å². The minimum atomic E-state index is -0.310. The molecule has 0 aliphatic rings. The summed E-state index contributed by atoms with van der Waals surface area (Å²) in [5.74, 6) is 0.0317. The van der Waals surface area contributed by atoms with Crippen LogP contribution in [-0.4, -0.2) is 16.0 Å². The van der Waals surface area contributed by atoms with Crippen LogP contribution in [0.3, 0.4) is 0 Å². The number of nitrogens with one attached hydrogen (secondary N) is 1. The Morgan fingerprint density at radius 1 is 1.29 bits per heavy atom. The van der Waals surface area contributed by atoms with E-state index in [1.807, 2.05) is 38.1 Å². The number of halogens is 1. The van der Waals surface area contributed by atoms with Crippen LogP contribution in [0.15, 0.2) is 34.9 Å². The number of nitrogens with zero attached hydrogens (tertiary/aromatic N) is 2. The van der Waals surface area contributed by atoms with E-state index in [1.54, 1.807) is 0 Å². The quantitative estimate of drug-likeness (QED) is 0.732. The molecule has 0 aliphatic carbocycles. The molecular weight excluding hydrogens is 290 g/mol. The molecule has 1 aromatic carbocycles. The van der Waals surface area contributed by atoms with Crippen molar-refractivity contribution in [2.75, 3.05) is 5.32 Å². The van der Waals surface area contributed by atoms with Gasteiger partial charge in [0.25, 0.3) is 5.91 Å². The van der Waals surface area contributed by atoms with Crippen molar-refractivity contribution in [2.24, 2.45) is 0 Å². The summed E-state index contributed by atoms with van der Waals surface area (Å²) in [5, 5.41) is 7.52. The smallest absolute Gasteiger partial charge is 0.258 e. The van der Waals surface area contributed by atoms with Gasteiger partial charge in [-0.2, -0.15) is 0 Å². The van der Waals surface area contributed by atoms with E-state index in [2.05, 4.69) is 15.5 Å². The fraction of sp³-hybridized carbons (Fsp3) is 0.133. The van der Waals surface area contributed by atoms with Crippen LogP contribution in [0.2, 0.25) is 5.15 Å². The second kappa shape index (κ2) is 5.18. The first-order valence-electron chi connectivity index (χ1n) is 6.36. The maximum Gasteiger partial charge on any atom is 0.258 e. The molecule has 0 saturated heterocycles. The number of rotatable bonds is 2. The lowest BCUT2D eigenvalue weighted by atomic mass is 10.1. The van der Waals surface area contributed by atoms with Crippen LogP contribution in [-0.2, 0) is 0 Å². The number of amides is 1. The molecule has 0 radical (unpaired) electrons. The zero-order chi connectivity index (χ0) is 15.0. The third-order valence-corrected chi connectivity index (χ3v) is 3.51. The highest BCUT2D eigenvalue weighted by molar-refractivity contribution is 6.30. The second-order valence-corrected chi connectivity index (χ2v) is 5.07. The van der Waals surface area contributed by atoms with Crippen molar-refractivity contribution in [1.29, 1.82) is 0 Å². The molecule has 2 heterocycles. The van der Waals surface area contributed by atoms with Gasteiger partial charge < -0.3 is 4.52 Å². The molecular formula is C15H12ClN3O2. The number of hydrogen-bond donors (Lipinski definition) is 1. The summed E-state index contributed by atoms with van der Waals surface area (Å²) >= 11 is 5.98. The number of benzene rings is 1. The second-order valence-electron chi connectivity index (χ2n) is 4.69. The number of hydrogen-bond acceptors (Lipinski definition) is 4. The lowest BCUT2D eigenvalue weighted by Gasteiger charge is -2.07. The van der Waals surface area contributed by atoms with Gasteiger partial charge in [-0.15, -0.1) is 0 Å². The maximum absolute atomic E-state index is 12.5. The molecule has 0 fully saturated rings. The van der Waals surface area contributed by atoms with Gasteiger partial charge in [0.05, 0.1) is 16.8 Å². The summed E-state index contributed by atoms with van der Waals surface area (Å²) in [6.45, 7) is 3.65. The maximum atomic E-state index is 12.5. The number of fused-ring (bicyclic) bond motifs is 1. The topological polar surface area (TPSA) is 68.0 Å². The van der Waals surface area contributed by atoms with E-state index >= 15 is 0 Å². The molecule has 0 aliphatic heterocycles. The molecule has 3 aromatic rings. The van der Waals surface area contributed by atoms with Crippen molar-refractivity contribution in [1.82, 2.24) is 10.1 Å². The van der Waals surface area contributed by atoms with Gasteiger partial charge in [-0.25, -0.2) is 4.98 Å². The number of aromatic nitrogens is 2. The number of aryl methyl sites for hydroxylation is 1. The molecule has 0 spiro atoms. The summed E-state index contributed by atoms with van der Waals surface area (Å²) in [7, 11) is 0. The highest BCUT2D eigenvalue weighted by Crippen LogP contribution is 2.23. The fourth-order valence-electron chi connectivity index (χ4n) is 2.03. The molecule has 106 valence electrons. The number of para-hydroxylation sites is 1. The Balaban J connectivity index is 2.04. The van der Waals surface area contributed by atoms with Gasteiger partial charge in [-0.3, -0.25) is 10.1 Å². The highest BCUT2D eigenvalue weighted by Gasteiger charge is 2.16. The molecule has 1 amide bonds. The summed E-state index contributed by atoms with van der Waals surface area (Å²) in [5.41, 5.74) is 2.65. The average Bonchev–Trinajstić information content (AvgIpc) is 2.78. The Morgan fingerprint density at radius 2 is 2.05 bits per heavy atom. The highest BCUT2D eigenvalue weighted by atomic mass is 35.5. The van der Waals surface area contributed by atoms with Crippen molar-refractivity contribution in [3.63, 3.8) is 0 Å². The predicted molar refractivity (Wildman–Crippen MR) is 80.7 cm³/mol. The summed E-state index contributed by atoms with van der Waals surface area (Å²) < 4.78 is 5.10. The lowest BCUT2D eigenvalue weighted by Crippen LogP contribution is -2.13. The van der Waals surface area contributed by atoms with Crippen molar-refractivity contribution < 1.29 is 9.32 Å². The normalized spacial score (nSPS) is 10.8. The van der Waals surface area contributed by atoms with E-state index in [-0.39, 0.29) is 11.1 Å². The first kappa shape index (κ1) is 13.6. The Labute approximate surface area is 125 Å². The number of carbonyl (C=O) groups is 1. The molecule has 2 aromatic heterocycles. The third kappa shape index (κ3) is 2.48. The molecule has 0 atom stereocenters. The third-order valence-electron chi connectivity index (χ3n) is 3.31. The van der Waals surface area contributed by atoms with E-state index in [9.17, 15) is 4.79 Å². The minimum Gasteiger partial charge on any atom is -0.338 e. The van der Waals surface area contributed by atoms with Crippen LogP contribution in [0, 0.1) is 13.8 Å². The Hall–Kier alpha value is -2.40. The number of anilines is 1. The Morgan fingerprint density at radius 3 is 2.76 bits per heavy atom. The molecule has 0 unspecified atom stereocenters. The monoisotopic (exact) mass is 301 g/mol. The van der Waals surface area contributed by atoms with Gasteiger partial charge in [0.1, 0.15) is 5.15 Å². The number of pyridine rings is 1. The Kier molecular flexibility index (Phi) is 3.35. The van der Waals surface area contributed by atoms with E-state index in [4.69, 9.17) is 16.1 Å². The van der Waals surface area contributed by atoms with Crippen LogP contribution in [0.4, 0.5) is 5.88 Å². The largest absolute Gasteiger partial charge is 0.338 e. The minimum absolute atomic E-state index is 0.268. The van der Waals surface area contributed by atoms with Crippen LogP contribution in [0.25, 0.3) is 10.9 Å². The molecule has 0 saturated carbocycles.